The Labute approximate surface area is 229 Å². The normalized spacial score (nSPS) is 11.5. The maximum Gasteiger partial charge on any atom is 0.573 e. The van der Waals surface area contributed by atoms with Crippen molar-refractivity contribution in [3.8, 4) is 11.5 Å². The van der Waals surface area contributed by atoms with E-state index in [1.165, 1.54) is 48.5 Å². The Morgan fingerprint density at radius 3 is 2.02 bits per heavy atom. The molecule has 0 bridgehead atoms. The maximum atomic E-state index is 13.1. The number of ether oxygens (including phenoxy) is 2. The van der Waals surface area contributed by atoms with Crippen LogP contribution in [0.4, 0.5) is 36.8 Å². The second-order valence-electron chi connectivity index (χ2n) is 8.53. The molecule has 0 spiro atoms. The van der Waals surface area contributed by atoms with Crippen LogP contribution in [0.1, 0.15) is 27.9 Å². The SMILES string of the molecule is O=C(O)CCNC(=O)c1ccc(N(Cc2cccc(CC(F)(F)F)c2)C(=O)Oc2ccc(OC(F)(F)F)cc2)cc1. The summed E-state index contributed by atoms with van der Waals surface area (Å²) in [5.41, 5.74) is 0.584. The maximum absolute atomic E-state index is 13.1. The lowest BCUT2D eigenvalue weighted by Gasteiger charge is -2.23. The third-order valence-electron chi connectivity index (χ3n) is 5.29. The highest BCUT2D eigenvalue weighted by molar-refractivity contribution is 5.95. The van der Waals surface area contributed by atoms with Gasteiger partial charge in [0.2, 0.25) is 0 Å². The molecule has 8 nitrogen and oxygen atoms in total. The summed E-state index contributed by atoms with van der Waals surface area (Å²) in [5.74, 6) is -2.37. The van der Waals surface area contributed by atoms with Crippen molar-refractivity contribution in [2.75, 3.05) is 11.4 Å². The number of hydrogen-bond donors (Lipinski definition) is 2. The number of anilines is 1. The first-order valence-electron chi connectivity index (χ1n) is 11.8. The van der Waals surface area contributed by atoms with Gasteiger partial charge in [-0.3, -0.25) is 14.5 Å². The van der Waals surface area contributed by atoms with Gasteiger partial charge in [-0.15, -0.1) is 13.2 Å². The summed E-state index contributed by atoms with van der Waals surface area (Å²) in [6.45, 7) is -0.376. The topological polar surface area (TPSA) is 105 Å². The molecule has 0 saturated carbocycles. The highest BCUT2D eigenvalue weighted by Gasteiger charge is 2.31. The van der Waals surface area contributed by atoms with E-state index in [9.17, 15) is 40.7 Å². The number of carbonyl (C=O) groups excluding carboxylic acids is 2. The number of amides is 2. The summed E-state index contributed by atoms with van der Waals surface area (Å²) >= 11 is 0. The Hall–Kier alpha value is -4.75. The zero-order valence-corrected chi connectivity index (χ0v) is 21.0. The number of rotatable bonds is 10. The quantitative estimate of drug-likeness (QED) is 0.279. The Morgan fingerprint density at radius 1 is 0.829 bits per heavy atom. The third kappa shape index (κ3) is 10.4. The molecule has 2 N–H and O–H groups in total. The average Bonchev–Trinajstić information content (AvgIpc) is 2.86. The number of carboxylic acid groups (broad SMARTS) is 1. The van der Waals surface area contributed by atoms with E-state index in [0.717, 1.165) is 29.2 Å². The molecule has 0 fully saturated rings. The zero-order valence-electron chi connectivity index (χ0n) is 21.0. The summed E-state index contributed by atoms with van der Waals surface area (Å²) in [6, 6.07) is 14.8. The van der Waals surface area contributed by atoms with Gasteiger partial charge in [0.1, 0.15) is 11.5 Å². The number of hydrogen-bond acceptors (Lipinski definition) is 5. The number of benzene rings is 3. The van der Waals surface area contributed by atoms with Crippen LogP contribution in [-0.4, -0.2) is 42.2 Å². The van der Waals surface area contributed by atoms with Crippen molar-refractivity contribution in [2.24, 2.45) is 0 Å². The van der Waals surface area contributed by atoms with Crippen molar-refractivity contribution in [1.29, 1.82) is 0 Å². The van der Waals surface area contributed by atoms with Crippen molar-refractivity contribution >= 4 is 23.7 Å². The van der Waals surface area contributed by atoms with Gasteiger partial charge in [0.05, 0.1) is 19.4 Å². The van der Waals surface area contributed by atoms with Gasteiger partial charge in [0.15, 0.2) is 0 Å². The summed E-state index contributed by atoms with van der Waals surface area (Å²) < 4.78 is 85.0. The Kier molecular flexibility index (Phi) is 9.81. The first-order chi connectivity index (χ1) is 19.2. The first kappa shape index (κ1) is 30.8. The Bertz CT molecular complexity index is 1360. The Balaban J connectivity index is 1.84. The molecule has 3 rings (SSSR count). The number of carboxylic acids is 1. The summed E-state index contributed by atoms with van der Waals surface area (Å²) in [5, 5.41) is 11.1. The van der Waals surface area contributed by atoms with Crippen molar-refractivity contribution < 1.29 is 55.3 Å². The standard InChI is InChI=1S/C27H22F6N2O6/c28-26(29,30)15-17-2-1-3-18(14-17)16-35(20-6-4-19(5-7-20)24(38)34-13-12-23(36)37)25(39)40-21-8-10-22(11-9-21)41-27(31,32)33/h1-11,14H,12-13,15-16H2,(H,34,38)(H,36,37). The van der Waals surface area contributed by atoms with E-state index < -0.39 is 42.7 Å². The number of carbonyl (C=O) groups is 3. The van der Waals surface area contributed by atoms with Gasteiger partial charge >= 0.3 is 24.6 Å². The minimum atomic E-state index is -4.92. The average molecular weight is 584 g/mol. The van der Waals surface area contributed by atoms with Crippen molar-refractivity contribution in [1.82, 2.24) is 5.32 Å². The van der Waals surface area contributed by atoms with Gasteiger partial charge in [-0.2, -0.15) is 13.2 Å². The minimum Gasteiger partial charge on any atom is -0.481 e. The van der Waals surface area contributed by atoms with Crippen molar-refractivity contribution in [2.45, 2.75) is 31.9 Å². The van der Waals surface area contributed by atoms with Crippen molar-refractivity contribution in [3.05, 3.63) is 89.5 Å². The van der Waals surface area contributed by atoms with Crippen LogP contribution in [0.3, 0.4) is 0 Å². The second-order valence-corrected chi connectivity index (χ2v) is 8.53. The van der Waals surface area contributed by atoms with Crippen LogP contribution in [0.5, 0.6) is 11.5 Å². The molecule has 0 aliphatic carbocycles. The first-order valence-corrected chi connectivity index (χ1v) is 11.8. The Morgan fingerprint density at radius 2 is 1.44 bits per heavy atom. The van der Waals surface area contributed by atoms with E-state index in [1.54, 1.807) is 0 Å². The molecule has 3 aromatic rings. The fourth-order valence-corrected chi connectivity index (χ4v) is 3.56. The molecule has 3 aromatic carbocycles. The summed E-state index contributed by atoms with van der Waals surface area (Å²) in [7, 11) is 0. The molecular weight excluding hydrogens is 562 g/mol. The predicted octanol–water partition coefficient (Wildman–Crippen LogP) is 6.10. The highest BCUT2D eigenvalue weighted by Crippen LogP contribution is 2.27. The summed E-state index contributed by atoms with van der Waals surface area (Å²) in [6.07, 6.45) is -11.9. The van der Waals surface area contributed by atoms with Gasteiger partial charge in [-0.25, -0.2) is 4.79 Å². The van der Waals surface area contributed by atoms with Gasteiger partial charge in [-0.1, -0.05) is 24.3 Å². The third-order valence-corrected chi connectivity index (χ3v) is 5.29. The molecule has 0 aliphatic heterocycles. The van der Waals surface area contributed by atoms with E-state index in [1.807, 2.05) is 0 Å². The zero-order chi connectivity index (χ0) is 30.2. The molecule has 0 unspecified atom stereocenters. The van der Waals surface area contributed by atoms with Crippen LogP contribution in [0.25, 0.3) is 0 Å². The van der Waals surface area contributed by atoms with Crippen LogP contribution >= 0.6 is 0 Å². The van der Waals surface area contributed by atoms with Crippen LogP contribution in [-0.2, 0) is 17.8 Å². The molecule has 0 atom stereocenters. The van der Waals surface area contributed by atoms with Gasteiger partial charge in [0.25, 0.3) is 5.91 Å². The number of nitrogens with zero attached hydrogens (tertiary/aromatic N) is 1. The molecule has 0 heterocycles. The molecule has 2 amide bonds. The molecule has 0 radical (unpaired) electrons. The largest absolute Gasteiger partial charge is 0.573 e. The summed E-state index contributed by atoms with van der Waals surface area (Å²) in [4.78, 5) is 37.1. The van der Waals surface area contributed by atoms with E-state index in [4.69, 9.17) is 9.84 Å². The van der Waals surface area contributed by atoms with Crippen LogP contribution in [0, 0.1) is 0 Å². The van der Waals surface area contributed by atoms with Gasteiger partial charge in [0, 0.05) is 17.8 Å². The number of aliphatic carboxylic acids is 1. The van der Waals surface area contributed by atoms with Crippen LogP contribution in [0.2, 0.25) is 0 Å². The molecular formula is C27H22F6N2O6. The van der Waals surface area contributed by atoms with E-state index in [-0.39, 0.29) is 42.1 Å². The van der Waals surface area contributed by atoms with Gasteiger partial charge < -0.3 is 19.9 Å². The lowest BCUT2D eigenvalue weighted by atomic mass is 10.1. The smallest absolute Gasteiger partial charge is 0.481 e. The fraction of sp³-hybridized carbons (Fsp3) is 0.222. The van der Waals surface area contributed by atoms with Crippen LogP contribution in [0.15, 0.2) is 72.8 Å². The lowest BCUT2D eigenvalue weighted by molar-refractivity contribution is -0.274. The van der Waals surface area contributed by atoms with Crippen LogP contribution < -0.4 is 19.7 Å². The monoisotopic (exact) mass is 584 g/mol. The fourth-order valence-electron chi connectivity index (χ4n) is 3.56. The molecule has 0 aromatic heterocycles. The van der Waals surface area contributed by atoms with E-state index in [0.29, 0.717) is 5.56 Å². The van der Waals surface area contributed by atoms with E-state index in [2.05, 4.69) is 10.1 Å². The van der Waals surface area contributed by atoms with E-state index >= 15 is 0 Å². The minimum absolute atomic E-state index is 0.0445. The number of halogens is 6. The lowest BCUT2D eigenvalue weighted by Crippen LogP contribution is -2.33. The molecule has 0 aliphatic rings. The number of nitrogens with one attached hydrogen (secondary N) is 1. The molecule has 0 saturated heterocycles. The molecule has 14 heteroatoms. The second kappa shape index (κ2) is 13.1. The predicted molar refractivity (Wildman–Crippen MR) is 133 cm³/mol. The highest BCUT2D eigenvalue weighted by atomic mass is 19.4. The molecule has 41 heavy (non-hydrogen) atoms. The van der Waals surface area contributed by atoms with Crippen molar-refractivity contribution in [3.63, 3.8) is 0 Å². The molecule has 218 valence electrons. The van der Waals surface area contributed by atoms with Gasteiger partial charge in [-0.05, 0) is 59.7 Å². The number of alkyl halides is 6.